The van der Waals surface area contributed by atoms with Crippen LogP contribution < -0.4 is 20.7 Å². The number of aliphatic hydroxyl groups is 1. The maximum Gasteiger partial charge on any atom is 0.261 e. The molecule has 0 saturated carbocycles. The first-order chi connectivity index (χ1) is 14.4. The van der Waals surface area contributed by atoms with Gasteiger partial charge in [0.15, 0.2) is 5.82 Å². The average Bonchev–Trinajstić information content (AvgIpc) is 3.31. The molecule has 0 radical (unpaired) electrons. The molecular weight excluding hydrogens is 389 g/mol. The lowest BCUT2D eigenvalue weighted by atomic mass is 9.99. The van der Waals surface area contributed by atoms with Gasteiger partial charge in [0.05, 0.1) is 23.6 Å². The van der Waals surface area contributed by atoms with E-state index >= 15 is 0 Å². The fourth-order valence-corrected chi connectivity index (χ4v) is 3.82. The zero-order chi connectivity index (χ0) is 21.3. The number of nitrogens with zero attached hydrogens (tertiary/aromatic N) is 3. The average molecular weight is 413 g/mol. The minimum atomic E-state index is -0.928. The number of amides is 1. The van der Waals surface area contributed by atoms with Crippen molar-refractivity contribution in [2.75, 3.05) is 29.9 Å². The van der Waals surface area contributed by atoms with E-state index in [4.69, 9.17) is 10.5 Å². The van der Waals surface area contributed by atoms with Gasteiger partial charge in [0.1, 0.15) is 17.5 Å². The van der Waals surface area contributed by atoms with Crippen LogP contribution in [0.15, 0.2) is 36.8 Å². The van der Waals surface area contributed by atoms with Crippen LogP contribution in [0, 0.1) is 0 Å². The second kappa shape index (κ2) is 7.91. The lowest BCUT2D eigenvalue weighted by Gasteiger charge is -2.23. The number of aliphatic hydroxyl groups excluding tert-OH is 1. The van der Waals surface area contributed by atoms with Crippen molar-refractivity contribution in [2.24, 2.45) is 5.73 Å². The fourth-order valence-electron chi connectivity index (χ4n) is 3.82. The fraction of sp³-hybridized carbons (Fsp3) is 0.381. The highest BCUT2D eigenvalue weighted by Gasteiger charge is 2.36. The number of anilines is 2. The van der Waals surface area contributed by atoms with E-state index in [9.17, 15) is 14.3 Å². The van der Waals surface area contributed by atoms with Crippen LogP contribution in [-0.4, -0.2) is 52.5 Å². The van der Waals surface area contributed by atoms with Gasteiger partial charge in [-0.05, 0) is 25.5 Å². The molecule has 0 unspecified atom stereocenters. The molecule has 0 bridgehead atoms. The second-order valence-corrected chi connectivity index (χ2v) is 7.80. The van der Waals surface area contributed by atoms with Crippen molar-refractivity contribution in [3.05, 3.63) is 48.2 Å². The van der Waals surface area contributed by atoms with Crippen LogP contribution in [0.2, 0.25) is 0 Å². The molecule has 0 aliphatic carbocycles. The van der Waals surface area contributed by atoms with Gasteiger partial charge < -0.3 is 25.8 Å². The molecule has 0 spiro atoms. The zero-order valence-corrected chi connectivity index (χ0v) is 16.6. The molecule has 30 heavy (non-hydrogen) atoms. The smallest absolute Gasteiger partial charge is 0.261 e. The summed E-state index contributed by atoms with van der Waals surface area (Å²) in [6, 6.07) is 5.26. The number of nitrogens with two attached hydrogens (primary N) is 1. The Kier molecular flexibility index (Phi) is 5.29. The minimum Gasteiger partial charge on any atom is -0.484 e. The van der Waals surface area contributed by atoms with Gasteiger partial charge >= 0.3 is 0 Å². The van der Waals surface area contributed by atoms with Gasteiger partial charge in [-0.1, -0.05) is 0 Å². The van der Waals surface area contributed by atoms with Crippen LogP contribution in [0.25, 0.3) is 5.57 Å². The molecule has 4 N–H and O–H groups in total. The van der Waals surface area contributed by atoms with E-state index in [1.54, 1.807) is 12.1 Å². The van der Waals surface area contributed by atoms with Crippen molar-refractivity contribution >= 4 is 22.9 Å². The van der Waals surface area contributed by atoms with E-state index in [1.165, 1.54) is 12.4 Å². The number of ether oxygens (including phenoxy) is 1. The minimum absolute atomic E-state index is 0.128. The SMILES string of the molecule is C[C@]1(CO)Cc2cc(NC(=O)C(=CN)c3ncccn3)c(N3CC[C@H](F)C3)cc2O1. The molecule has 158 valence electrons. The number of nitrogens with one attached hydrogen (secondary N) is 1. The number of fused-ring (bicyclic) bond motifs is 1. The van der Waals surface area contributed by atoms with Gasteiger partial charge in [0, 0.05) is 49.7 Å². The van der Waals surface area contributed by atoms with Crippen LogP contribution in [0.4, 0.5) is 15.8 Å². The Labute approximate surface area is 173 Å². The van der Waals surface area contributed by atoms with Crippen molar-refractivity contribution in [3.63, 3.8) is 0 Å². The normalized spacial score (nSPS) is 23.2. The molecule has 1 fully saturated rings. The summed E-state index contributed by atoms with van der Waals surface area (Å²) in [5, 5.41) is 12.5. The highest BCUT2D eigenvalue weighted by molar-refractivity contribution is 6.24. The lowest BCUT2D eigenvalue weighted by Crippen LogP contribution is -2.34. The van der Waals surface area contributed by atoms with Gasteiger partial charge in [-0.25, -0.2) is 14.4 Å². The lowest BCUT2D eigenvalue weighted by molar-refractivity contribution is -0.111. The van der Waals surface area contributed by atoms with Crippen molar-refractivity contribution in [3.8, 4) is 5.75 Å². The van der Waals surface area contributed by atoms with Gasteiger partial charge in [-0.15, -0.1) is 0 Å². The van der Waals surface area contributed by atoms with E-state index in [0.717, 1.165) is 11.8 Å². The summed E-state index contributed by atoms with van der Waals surface area (Å²) in [4.78, 5) is 23.0. The number of halogens is 1. The van der Waals surface area contributed by atoms with E-state index in [2.05, 4.69) is 15.3 Å². The Bertz CT molecular complexity index is 984. The quantitative estimate of drug-likeness (QED) is 0.639. The molecular formula is C21H24FN5O3. The van der Waals surface area contributed by atoms with E-state index < -0.39 is 17.7 Å². The monoisotopic (exact) mass is 413 g/mol. The van der Waals surface area contributed by atoms with Crippen molar-refractivity contribution < 1.29 is 19.0 Å². The first kappa shape index (κ1) is 20.1. The summed E-state index contributed by atoms with van der Waals surface area (Å²) >= 11 is 0. The summed E-state index contributed by atoms with van der Waals surface area (Å²) in [5.74, 6) is 0.369. The number of carbonyl (C=O) groups excluding carboxylic acids is 1. The third kappa shape index (κ3) is 3.80. The molecule has 8 nitrogen and oxygen atoms in total. The van der Waals surface area contributed by atoms with Gasteiger partial charge in [-0.3, -0.25) is 4.79 Å². The Morgan fingerprint density at radius 1 is 1.47 bits per heavy atom. The number of rotatable bonds is 5. The zero-order valence-electron chi connectivity index (χ0n) is 16.6. The summed E-state index contributed by atoms with van der Waals surface area (Å²) < 4.78 is 19.8. The number of benzene rings is 1. The molecule has 9 heteroatoms. The van der Waals surface area contributed by atoms with Crippen LogP contribution in [0.3, 0.4) is 0 Å². The van der Waals surface area contributed by atoms with Crippen molar-refractivity contribution in [2.45, 2.75) is 31.5 Å². The van der Waals surface area contributed by atoms with E-state index in [-0.39, 0.29) is 24.5 Å². The Morgan fingerprint density at radius 2 is 2.23 bits per heavy atom. The van der Waals surface area contributed by atoms with Gasteiger partial charge in [0.2, 0.25) is 0 Å². The third-order valence-electron chi connectivity index (χ3n) is 5.37. The summed E-state index contributed by atoms with van der Waals surface area (Å²) in [5.41, 5.74) is 7.11. The van der Waals surface area contributed by atoms with E-state index in [0.29, 0.717) is 36.5 Å². The number of hydrogen-bond donors (Lipinski definition) is 3. The molecule has 1 saturated heterocycles. The van der Waals surface area contributed by atoms with Gasteiger partial charge in [0.25, 0.3) is 5.91 Å². The predicted octanol–water partition coefficient (Wildman–Crippen LogP) is 1.65. The largest absolute Gasteiger partial charge is 0.484 e. The number of carbonyl (C=O) groups is 1. The highest BCUT2D eigenvalue weighted by Crippen LogP contribution is 2.42. The molecule has 2 aliphatic heterocycles. The molecule has 2 aliphatic rings. The molecule has 1 aromatic carbocycles. The van der Waals surface area contributed by atoms with Crippen LogP contribution in [-0.2, 0) is 11.2 Å². The van der Waals surface area contributed by atoms with E-state index in [1.807, 2.05) is 17.9 Å². The molecule has 4 rings (SSSR count). The van der Waals surface area contributed by atoms with Crippen LogP contribution >= 0.6 is 0 Å². The van der Waals surface area contributed by atoms with Crippen LogP contribution in [0.1, 0.15) is 24.7 Å². The summed E-state index contributed by atoms with van der Waals surface area (Å²) in [6.45, 7) is 2.45. The highest BCUT2D eigenvalue weighted by atomic mass is 19.1. The Hall–Kier alpha value is -3.20. The summed E-state index contributed by atoms with van der Waals surface area (Å²) in [6.07, 6.45) is 4.21. The van der Waals surface area contributed by atoms with Crippen LogP contribution in [0.5, 0.6) is 5.75 Å². The van der Waals surface area contributed by atoms with Gasteiger partial charge in [-0.2, -0.15) is 0 Å². The standard InChI is InChI=1S/C21H24FN5O3/c1-21(12-28)9-13-7-16(17(8-18(13)30-21)27-6-3-14(22)11-27)26-20(29)15(10-23)19-24-4-2-5-25-19/h2,4-5,7-8,10,14,28H,3,6,9,11-12,23H2,1H3,(H,26,29)/t14-,21+/m0/s1. The predicted molar refractivity (Wildman–Crippen MR) is 111 cm³/mol. The number of aromatic nitrogens is 2. The second-order valence-electron chi connectivity index (χ2n) is 7.80. The maximum atomic E-state index is 13.9. The Morgan fingerprint density at radius 3 is 2.87 bits per heavy atom. The first-order valence-corrected chi connectivity index (χ1v) is 9.79. The topological polar surface area (TPSA) is 114 Å². The molecule has 3 heterocycles. The van der Waals surface area contributed by atoms with Crippen molar-refractivity contribution in [1.82, 2.24) is 9.97 Å². The number of alkyl halides is 1. The summed E-state index contributed by atoms with van der Waals surface area (Å²) in [7, 11) is 0. The molecule has 2 atom stereocenters. The Balaban J connectivity index is 1.68. The third-order valence-corrected chi connectivity index (χ3v) is 5.37. The number of hydrogen-bond acceptors (Lipinski definition) is 7. The molecule has 2 aromatic rings. The molecule has 1 aromatic heterocycles. The first-order valence-electron chi connectivity index (χ1n) is 9.79. The maximum absolute atomic E-state index is 13.9. The van der Waals surface area contributed by atoms with Crippen molar-refractivity contribution in [1.29, 1.82) is 0 Å². The molecule has 1 amide bonds.